The number of aromatic nitrogens is 2. The molecule has 2 aliphatic carbocycles. The molecular weight excluding hydrogens is 324 g/mol. The van der Waals surface area contributed by atoms with Crippen molar-refractivity contribution in [3.63, 3.8) is 0 Å². The Labute approximate surface area is 155 Å². The van der Waals surface area contributed by atoms with E-state index in [0.717, 1.165) is 18.5 Å². The lowest BCUT2D eigenvalue weighted by Gasteiger charge is -2.52. The van der Waals surface area contributed by atoms with Crippen molar-refractivity contribution in [2.24, 2.45) is 16.7 Å². The summed E-state index contributed by atoms with van der Waals surface area (Å²) in [4.78, 5) is 21.8. The van der Waals surface area contributed by atoms with Crippen molar-refractivity contribution >= 4 is 5.78 Å². The summed E-state index contributed by atoms with van der Waals surface area (Å²) in [6.07, 6.45) is 5.15. The van der Waals surface area contributed by atoms with Crippen molar-refractivity contribution in [1.29, 1.82) is 0 Å². The lowest BCUT2D eigenvalue weighted by molar-refractivity contribution is -0.177. The fraction of sp³-hybridized carbons (Fsp3) is 0.500. The van der Waals surface area contributed by atoms with Crippen molar-refractivity contribution in [2.45, 2.75) is 45.6 Å². The molecule has 2 aliphatic rings. The van der Waals surface area contributed by atoms with Gasteiger partial charge in [-0.25, -0.2) is 4.98 Å². The van der Waals surface area contributed by atoms with E-state index in [-0.39, 0.29) is 16.6 Å². The van der Waals surface area contributed by atoms with Gasteiger partial charge in [0.05, 0.1) is 5.69 Å². The molecule has 2 aromatic heterocycles. The summed E-state index contributed by atoms with van der Waals surface area (Å²) < 4.78 is 6.29. The molecule has 2 saturated carbocycles. The highest BCUT2D eigenvalue weighted by Gasteiger charge is 2.70. The second-order valence-electron chi connectivity index (χ2n) is 8.56. The third-order valence-corrected chi connectivity index (χ3v) is 7.07. The highest BCUT2D eigenvalue weighted by atomic mass is 16.5. The second kappa shape index (κ2) is 5.71. The molecule has 0 N–H and O–H groups in total. The van der Waals surface area contributed by atoms with Crippen LogP contribution in [0.5, 0.6) is 0 Å². The molecule has 136 valence electrons. The number of ether oxygens (including phenoxy) is 1. The van der Waals surface area contributed by atoms with Gasteiger partial charge in [-0.15, -0.1) is 0 Å². The highest BCUT2D eigenvalue weighted by Crippen LogP contribution is 2.72. The molecule has 0 saturated heterocycles. The lowest BCUT2D eigenvalue weighted by atomic mass is 9.58. The zero-order valence-electron chi connectivity index (χ0n) is 16.0. The van der Waals surface area contributed by atoms with Gasteiger partial charge in [-0.2, -0.15) is 0 Å². The maximum atomic E-state index is 12.8. The minimum Gasteiger partial charge on any atom is -0.371 e. The SMILES string of the molecule is COC1(c2cccc(C(=O)c3ccccn3)n2)C2(C)CCC(C2)C1(C)C. The van der Waals surface area contributed by atoms with E-state index in [4.69, 9.17) is 9.72 Å². The number of carbonyl (C=O) groups is 1. The van der Waals surface area contributed by atoms with Gasteiger partial charge >= 0.3 is 0 Å². The highest BCUT2D eigenvalue weighted by molar-refractivity contribution is 6.06. The van der Waals surface area contributed by atoms with Crippen LogP contribution in [0.4, 0.5) is 0 Å². The summed E-state index contributed by atoms with van der Waals surface area (Å²) in [5, 5.41) is 0. The molecule has 2 fully saturated rings. The van der Waals surface area contributed by atoms with Crippen LogP contribution in [0.3, 0.4) is 0 Å². The van der Waals surface area contributed by atoms with Crippen LogP contribution in [-0.4, -0.2) is 22.9 Å². The standard InChI is InChI=1S/C22H26N2O2/c1-20(2)15-11-12-21(3,14-15)22(20,26-4)18-10-7-9-17(24-18)19(25)16-8-5-6-13-23-16/h5-10,13,15H,11-12,14H2,1-4H3. The number of fused-ring (bicyclic) bond motifs is 2. The monoisotopic (exact) mass is 350 g/mol. The first-order valence-corrected chi connectivity index (χ1v) is 9.34. The van der Waals surface area contributed by atoms with E-state index in [1.807, 2.05) is 18.2 Å². The molecule has 0 radical (unpaired) electrons. The van der Waals surface area contributed by atoms with Crippen LogP contribution in [0.1, 0.15) is 61.9 Å². The molecule has 0 aliphatic heterocycles. The molecule has 2 heterocycles. The summed E-state index contributed by atoms with van der Waals surface area (Å²) >= 11 is 0. The third kappa shape index (κ3) is 2.08. The quantitative estimate of drug-likeness (QED) is 0.767. The Bertz CT molecular complexity index is 841. The van der Waals surface area contributed by atoms with Gasteiger partial charge in [-0.3, -0.25) is 9.78 Å². The number of nitrogens with zero attached hydrogens (tertiary/aromatic N) is 2. The van der Waals surface area contributed by atoms with Crippen LogP contribution in [0.2, 0.25) is 0 Å². The van der Waals surface area contributed by atoms with Crippen molar-refractivity contribution < 1.29 is 9.53 Å². The van der Waals surface area contributed by atoms with Gasteiger partial charge < -0.3 is 4.74 Å². The fourth-order valence-corrected chi connectivity index (χ4v) is 5.88. The molecule has 0 spiro atoms. The van der Waals surface area contributed by atoms with E-state index in [1.54, 1.807) is 31.5 Å². The Hall–Kier alpha value is -2.07. The average Bonchev–Trinajstić information content (AvgIpc) is 3.13. The third-order valence-electron chi connectivity index (χ3n) is 7.07. The summed E-state index contributed by atoms with van der Waals surface area (Å²) in [6.45, 7) is 6.90. The van der Waals surface area contributed by atoms with Gasteiger partial charge in [0.15, 0.2) is 0 Å². The second-order valence-corrected chi connectivity index (χ2v) is 8.56. The molecule has 4 rings (SSSR count). The Balaban J connectivity index is 1.82. The number of hydrogen-bond donors (Lipinski definition) is 0. The molecule has 2 aromatic rings. The van der Waals surface area contributed by atoms with E-state index < -0.39 is 5.60 Å². The number of carbonyl (C=O) groups excluding carboxylic acids is 1. The fourth-order valence-electron chi connectivity index (χ4n) is 5.88. The average molecular weight is 350 g/mol. The number of hydrogen-bond acceptors (Lipinski definition) is 4. The van der Waals surface area contributed by atoms with Crippen molar-refractivity contribution in [3.8, 4) is 0 Å². The number of ketones is 1. The summed E-state index contributed by atoms with van der Waals surface area (Å²) in [7, 11) is 1.79. The normalized spacial score (nSPS) is 31.9. The Morgan fingerprint density at radius 2 is 1.88 bits per heavy atom. The summed E-state index contributed by atoms with van der Waals surface area (Å²) in [6, 6.07) is 11.1. The largest absolute Gasteiger partial charge is 0.371 e. The van der Waals surface area contributed by atoms with E-state index >= 15 is 0 Å². The van der Waals surface area contributed by atoms with Crippen molar-refractivity contribution in [2.75, 3.05) is 7.11 Å². The maximum absolute atomic E-state index is 12.8. The van der Waals surface area contributed by atoms with Gasteiger partial charge in [0, 0.05) is 24.1 Å². The zero-order chi connectivity index (χ0) is 18.6. The minimum atomic E-state index is -0.483. The van der Waals surface area contributed by atoms with Crippen LogP contribution in [0, 0.1) is 16.7 Å². The molecule has 3 atom stereocenters. The minimum absolute atomic E-state index is 0.0333. The van der Waals surface area contributed by atoms with Crippen LogP contribution in [-0.2, 0) is 10.3 Å². The van der Waals surface area contributed by atoms with Crippen LogP contribution >= 0.6 is 0 Å². The zero-order valence-corrected chi connectivity index (χ0v) is 16.0. The molecule has 4 nitrogen and oxygen atoms in total. The summed E-state index contributed by atoms with van der Waals surface area (Å²) in [5.74, 6) is 0.467. The first-order chi connectivity index (χ1) is 12.4. The molecule has 0 aromatic carbocycles. The first-order valence-electron chi connectivity index (χ1n) is 9.34. The summed E-state index contributed by atoms with van der Waals surface area (Å²) in [5.41, 5.74) is 1.24. The molecule has 3 unspecified atom stereocenters. The molecule has 26 heavy (non-hydrogen) atoms. The predicted octanol–water partition coefficient (Wildman–Crippen LogP) is 4.40. The Kier molecular flexibility index (Phi) is 3.81. The van der Waals surface area contributed by atoms with E-state index in [0.29, 0.717) is 17.3 Å². The van der Waals surface area contributed by atoms with E-state index in [9.17, 15) is 4.79 Å². The number of rotatable bonds is 4. The van der Waals surface area contributed by atoms with Crippen LogP contribution in [0.25, 0.3) is 0 Å². The number of pyridine rings is 2. The molecule has 0 amide bonds. The first kappa shape index (κ1) is 17.3. The van der Waals surface area contributed by atoms with Gasteiger partial charge in [-0.05, 0) is 49.4 Å². The lowest BCUT2D eigenvalue weighted by Crippen LogP contribution is -2.53. The number of methoxy groups -OCH3 is 1. The van der Waals surface area contributed by atoms with Crippen LogP contribution in [0.15, 0.2) is 42.6 Å². The molecular formula is C22H26N2O2. The van der Waals surface area contributed by atoms with E-state index in [1.165, 1.54) is 6.42 Å². The van der Waals surface area contributed by atoms with Gasteiger partial charge in [0.2, 0.25) is 5.78 Å². The van der Waals surface area contributed by atoms with E-state index in [2.05, 4.69) is 25.8 Å². The topological polar surface area (TPSA) is 52.1 Å². The van der Waals surface area contributed by atoms with Gasteiger partial charge in [0.25, 0.3) is 0 Å². The van der Waals surface area contributed by atoms with Gasteiger partial charge in [-0.1, -0.05) is 32.9 Å². The molecule has 4 heteroatoms. The van der Waals surface area contributed by atoms with Gasteiger partial charge in [0.1, 0.15) is 17.0 Å². The smallest absolute Gasteiger partial charge is 0.229 e. The molecule has 2 bridgehead atoms. The Morgan fingerprint density at radius 1 is 1.12 bits per heavy atom. The van der Waals surface area contributed by atoms with Crippen molar-refractivity contribution in [3.05, 3.63) is 59.7 Å². The predicted molar refractivity (Wildman–Crippen MR) is 99.8 cm³/mol. The van der Waals surface area contributed by atoms with Crippen molar-refractivity contribution in [1.82, 2.24) is 9.97 Å². The maximum Gasteiger partial charge on any atom is 0.229 e. The van der Waals surface area contributed by atoms with Crippen LogP contribution < -0.4 is 0 Å². The Morgan fingerprint density at radius 3 is 2.50 bits per heavy atom.